The first-order chi connectivity index (χ1) is 9.02. The molecule has 1 aromatic carbocycles. The molecular formula is C14H19N3O2. The molecule has 0 heterocycles. The number of hydrogen-bond acceptors (Lipinski definition) is 4. The number of nitriles is 1. The molecule has 0 atom stereocenters. The number of benzene rings is 1. The van der Waals surface area contributed by atoms with Gasteiger partial charge in [-0.1, -0.05) is 6.07 Å². The molecule has 0 bridgehead atoms. The van der Waals surface area contributed by atoms with Crippen LogP contribution in [0.2, 0.25) is 0 Å². The summed E-state index contributed by atoms with van der Waals surface area (Å²) in [5.41, 5.74) is 6.65. The second-order valence-electron chi connectivity index (χ2n) is 4.43. The average molecular weight is 261 g/mol. The van der Waals surface area contributed by atoms with Crippen molar-refractivity contribution in [3.8, 4) is 11.8 Å². The van der Waals surface area contributed by atoms with Crippen LogP contribution in [0.25, 0.3) is 0 Å². The number of carbonyl (C=O) groups is 1. The van der Waals surface area contributed by atoms with Gasteiger partial charge in [0.25, 0.3) is 5.91 Å². The van der Waals surface area contributed by atoms with Crippen molar-refractivity contribution in [2.45, 2.75) is 26.3 Å². The van der Waals surface area contributed by atoms with E-state index in [4.69, 9.17) is 15.7 Å². The molecule has 0 aliphatic carbocycles. The van der Waals surface area contributed by atoms with Crippen LogP contribution >= 0.6 is 0 Å². The Morgan fingerprint density at radius 3 is 2.74 bits per heavy atom. The molecule has 19 heavy (non-hydrogen) atoms. The average Bonchev–Trinajstić information content (AvgIpc) is 2.38. The lowest BCUT2D eigenvalue weighted by Gasteiger charge is -2.26. The fourth-order valence-corrected chi connectivity index (χ4v) is 1.87. The largest absolute Gasteiger partial charge is 0.494 e. The van der Waals surface area contributed by atoms with Crippen LogP contribution in [0, 0.1) is 11.3 Å². The van der Waals surface area contributed by atoms with Crippen molar-refractivity contribution >= 4 is 11.6 Å². The van der Waals surface area contributed by atoms with E-state index in [1.165, 1.54) is 7.11 Å². The predicted molar refractivity (Wildman–Crippen MR) is 73.8 cm³/mol. The molecule has 0 aliphatic rings. The molecule has 1 amide bonds. The van der Waals surface area contributed by atoms with E-state index in [0.717, 1.165) is 0 Å². The quantitative estimate of drug-likeness (QED) is 0.822. The molecule has 0 aliphatic heterocycles. The van der Waals surface area contributed by atoms with Gasteiger partial charge < -0.3 is 15.4 Å². The van der Waals surface area contributed by atoms with Crippen molar-refractivity contribution in [1.82, 2.24) is 4.90 Å². The zero-order chi connectivity index (χ0) is 14.4. The van der Waals surface area contributed by atoms with Gasteiger partial charge in [0, 0.05) is 12.6 Å². The van der Waals surface area contributed by atoms with Crippen molar-refractivity contribution < 1.29 is 9.53 Å². The van der Waals surface area contributed by atoms with E-state index in [-0.39, 0.29) is 11.9 Å². The summed E-state index contributed by atoms with van der Waals surface area (Å²) >= 11 is 0. The molecule has 0 unspecified atom stereocenters. The minimum absolute atomic E-state index is 0.00647. The summed E-state index contributed by atoms with van der Waals surface area (Å²) in [6.45, 7) is 4.22. The Bertz CT molecular complexity index is 492. The second kappa shape index (κ2) is 6.64. The molecule has 0 spiro atoms. The lowest BCUT2D eigenvalue weighted by atomic mass is 10.1. The van der Waals surface area contributed by atoms with Crippen molar-refractivity contribution in [2.75, 3.05) is 19.4 Å². The van der Waals surface area contributed by atoms with Crippen LogP contribution < -0.4 is 10.5 Å². The van der Waals surface area contributed by atoms with E-state index in [1.54, 1.807) is 23.1 Å². The van der Waals surface area contributed by atoms with Gasteiger partial charge in [-0.05, 0) is 26.0 Å². The van der Waals surface area contributed by atoms with E-state index < -0.39 is 0 Å². The van der Waals surface area contributed by atoms with Crippen molar-refractivity contribution in [3.63, 3.8) is 0 Å². The van der Waals surface area contributed by atoms with Crippen molar-refractivity contribution in [3.05, 3.63) is 23.8 Å². The molecule has 1 aromatic rings. The Kier molecular flexibility index (Phi) is 5.19. The Morgan fingerprint density at radius 2 is 2.21 bits per heavy atom. The third-order valence-corrected chi connectivity index (χ3v) is 2.83. The van der Waals surface area contributed by atoms with Crippen molar-refractivity contribution in [2.24, 2.45) is 0 Å². The van der Waals surface area contributed by atoms with Crippen molar-refractivity contribution in [1.29, 1.82) is 5.26 Å². The van der Waals surface area contributed by atoms with Crippen LogP contribution in [0.3, 0.4) is 0 Å². The van der Waals surface area contributed by atoms with Gasteiger partial charge in [0.1, 0.15) is 0 Å². The number of nitrogens with zero attached hydrogens (tertiary/aromatic N) is 2. The highest BCUT2D eigenvalue weighted by Crippen LogP contribution is 2.27. The maximum absolute atomic E-state index is 12.5. The Morgan fingerprint density at radius 1 is 1.53 bits per heavy atom. The number of hydrogen-bond donors (Lipinski definition) is 1. The normalized spacial score (nSPS) is 10.1. The molecule has 0 radical (unpaired) electrons. The fourth-order valence-electron chi connectivity index (χ4n) is 1.87. The summed E-state index contributed by atoms with van der Waals surface area (Å²) < 4.78 is 5.19. The van der Waals surface area contributed by atoms with Crippen LogP contribution in [0.5, 0.6) is 5.75 Å². The summed E-state index contributed by atoms with van der Waals surface area (Å²) in [6, 6.07) is 7.14. The van der Waals surface area contributed by atoms with Gasteiger partial charge in [0.2, 0.25) is 0 Å². The number of ether oxygens (including phenoxy) is 1. The Balaban J connectivity index is 3.10. The summed E-state index contributed by atoms with van der Waals surface area (Å²) in [7, 11) is 1.48. The molecule has 0 aromatic heterocycles. The summed E-state index contributed by atoms with van der Waals surface area (Å²) in [5.74, 6) is 0.213. The number of nitrogen functional groups attached to an aromatic ring is 1. The van der Waals surface area contributed by atoms with E-state index in [2.05, 4.69) is 0 Å². The first-order valence-electron chi connectivity index (χ1n) is 6.13. The highest BCUT2D eigenvalue weighted by Gasteiger charge is 2.22. The molecular weight excluding hydrogens is 242 g/mol. The number of para-hydroxylation sites is 1. The first kappa shape index (κ1) is 14.8. The number of methoxy groups -OCH3 is 1. The maximum atomic E-state index is 12.5. The zero-order valence-corrected chi connectivity index (χ0v) is 11.5. The second-order valence-corrected chi connectivity index (χ2v) is 4.43. The van der Waals surface area contributed by atoms with Gasteiger partial charge in [0.15, 0.2) is 5.75 Å². The summed E-state index contributed by atoms with van der Waals surface area (Å²) in [6.07, 6.45) is 0.300. The number of nitrogens with two attached hydrogens (primary N) is 1. The van der Waals surface area contributed by atoms with Crippen LogP contribution in [-0.4, -0.2) is 30.5 Å². The van der Waals surface area contributed by atoms with E-state index >= 15 is 0 Å². The minimum Gasteiger partial charge on any atom is -0.494 e. The van der Waals surface area contributed by atoms with Gasteiger partial charge in [0.05, 0.1) is 30.9 Å². The van der Waals surface area contributed by atoms with Gasteiger partial charge >= 0.3 is 0 Å². The molecule has 0 saturated heterocycles. The van der Waals surface area contributed by atoms with E-state index in [1.807, 2.05) is 19.9 Å². The third kappa shape index (κ3) is 3.38. The zero-order valence-electron chi connectivity index (χ0n) is 11.5. The van der Waals surface area contributed by atoms with E-state index in [0.29, 0.717) is 30.0 Å². The smallest absolute Gasteiger partial charge is 0.257 e. The highest BCUT2D eigenvalue weighted by atomic mass is 16.5. The van der Waals surface area contributed by atoms with Crippen LogP contribution in [0.4, 0.5) is 5.69 Å². The number of amides is 1. The third-order valence-electron chi connectivity index (χ3n) is 2.83. The Labute approximate surface area is 113 Å². The monoisotopic (exact) mass is 261 g/mol. The maximum Gasteiger partial charge on any atom is 0.257 e. The highest BCUT2D eigenvalue weighted by molar-refractivity contribution is 5.98. The SMILES string of the molecule is COc1c(N)cccc1C(=O)N(CCC#N)C(C)C. The number of carbonyl (C=O) groups excluding carboxylic acids is 1. The van der Waals surface area contributed by atoms with Crippen LogP contribution in [0.1, 0.15) is 30.6 Å². The molecule has 5 heteroatoms. The van der Waals surface area contributed by atoms with Gasteiger partial charge in [-0.3, -0.25) is 4.79 Å². The summed E-state index contributed by atoms with van der Waals surface area (Å²) in [5, 5.41) is 8.66. The van der Waals surface area contributed by atoms with Gasteiger partial charge in [-0.15, -0.1) is 0 Å². The van der Waals surface area contributed by atoms with Crippen LogP contribution in [0.15, 0.2) is 18.2 Å². The molecule has 1 rings (SSSR count). The molecule has 0 fully saturated rings. The fraction of sp³-hybridized carbons (Fsp3) is 0.429. The topological polar surface area (TPSA) is 79.3 Å². The van der Waals surface area contributed by atoms with Gasteiger partial charge in [-0.25, -0.2) is 0 Å². The molecule has 0 saturated carbocycles. The molecule has 102 valence electrons. The lowest BCUT2D eigenvalue weighted by Crippen LogP contribution is -2.37. The molecule has 2 N–H and O–H groups in total. The standard InChI is InChI=1S/C14H19N3O2/c1-10(2)17(9-5-8-15)14(18)11-6-4-7-12(16)13(11)19-3/h4,6-7,10H,5,9,16H2,1-3H3. The van der Waals surface area contributed by atoms with Crippen LogP contribution in [-0.2, 0) is 0 Å². The van der Waals surface area contributed by atoms with Gasteiger partial charge in [-0.2, -0.15) is 5.26 Å². The summed E-state index contributed by atoms with van der Waals surface area (Å²) in [4.78, 5) is 14.1. The lowest BCUT2D eigenvalue weighted by molar-refractivity contribution is 0.0707. The predicted octanol–water partition coefficient (Wildman–Crippen LogP) is 2.04. The first-order valence-corrected chi connectivity index (χ1v) is 6.13. The molecule has 5 nitrogen and oxygen atoms in total. The number of rotatable bonds is 5. The minimum atomic E-state index is -0.172. The van der Waals surface area contributed by atoms with E-state index in [9.17, 15) is 4.79 Å². The number of anilines is 1. The Hall–Kier alpha value is -2.22.